The van der Waals surface area contributed by atoms with Crippen molar-refractivity contribution in [3.63, 3.8) is 0 Å². The molecule has 0 aliphatic carbocycles. The van der Waals surface area contributed by atoms with Crippen molar-refractivity contribution in [1.29, 1.82) is 0 Å². The first-order chi connectivity index (χ1) is 22.2. The average Bonchev–Trinajstić information content (AvgIpc) is 3.09. The lowest BCUT2D eigenvalue weighted by Gasteiger charge is -2.34. The molecule has 0 unspecified atom stereocenters. The second-order valence-electron chi connectivity index (χ2n) is 10.3. The fourth-order valence-corrected chi connectivity index (χ4v) is 6.47. The minimum atomic E-state index is -4.31. The zero-order chi connectivity index (χ0) is 33.1. The van der Waals surface area contributed by atoms with Crippen LogP contribution >= 0.6 is 0 Å². The van der Waals surface area contributed by atoms with Gasteiger partial charge in [-0.05, 0) is 54.4 Å². The third-order valence-corrected chi connectivity index (χ3v) is 9.15. The van der Waals surface area contributed by atoms with Crippen LogP contribution in [0.25, 0.3) is 0 Å². The number of sulfonamides is 1. The predicted molar refractivity (Wildman–Crippen MR) is 177 cm³/mol. The Morgan fingerprint density at radius 2 is 1.41 bits per heavy atom. The molecule has 0 saturated carbocycles. The van der Waals surface area contributed by atoms with E-state index in [1.807, 2.05) is 36.4 Å². The van der Waals surface area contributed by atoms with Gasteiger partial charge in [-0.15, -0.1) is 0 Å². The fraction of sp³-hybridized carbons (Fsp3) is 0.257. The molecule has 11 heteroatoms. The molecule has 4 aromatic rings. The monoisotopic (exact) mass is 645 g/mol. The van der Waals surface area contributed by atoms with Gasteiger partial charge in [0.2, 0.25) is 11.8 Å². The van der Waals surface area contributed by atoms with Gasteiger partial charge in [-0.25, -0.2) is 8.42 Å². The number of para-hydroxylation sites is 1. The Bertz CT molecular complexity index is 1720. The maximum atomic E-state index is 14.5. The summed E-state index contributed by atoms with van der Waals surface area (Å²) in [6.07, 6.45) is 0.218. The molecule has 1 atom stereocenters. The highest BCUT2D eigenvalue weighted by Crippen LogP contribution is 2.32. The van der Waals surface area contributed by atoms with E-state index in [9.17, 15) is 18.0 Å². The van der Waals surface area contributed by atoms with Gasteiger partial charge in [0, 0.05) is 25.6 Å². The van der Waals surface area contributed by atoms with Crippen molar-refractivity contribution in [2.45, 2.75) is 30.8 Å². The predicted octanol–water partition coefficient (Wildman–Crippen LogP) is 4.68. The van der Waals surface area contributed by atoms with Crippen LogP contribution in [0.5, 0.6) is 17.2 Å². The van der Waals surface area contributed by atoms with E-state index in [2.05, 4.69) is 5.32 Å². The number of likely N-dealkylation sites (N-methyl/N-ethyl adjacent to an activating group) is 1. The number of carbonyl (C=O) groups excluding carboxylic acids is 2. The smallest absolute Gasteiger partial charge is 0.264 e. The number of hydrogen-bond acceptors (Lipinski definition) is 7. The second kappa shape index (κ2) is 15.8. The Morgan fingerprint density at radius 3 is 2.04 bits per heavy atom. The molecule has 0 aliphatic heterocycles. The first-order valence-corrected chi connectivity index (χ1v) is 16.2. The Morgan fingerprint density at radius 1 is 0.761 bits per heavy atom. The zero-order valence-electron chi connectivity index (χ0n) is 26.4. The second-order valence-corrected chi connectivity index (χ2v) is 12.2. The van der Waals surface area contributed by atoms with Crippen molar-refractivity contribution in [3.8, 4) is 17.2 Å². The highest BCUT2D eigenvalue weighted by atomic mass is 32.2. The molecular formula is C35H39N3O7S. The molecule has 1 N–H and O–H groups in total. The Hall–Kier alpha value is -5.03. The number of nitrogens with zero attached hydrogens (tertiary/aromatic N) is 2. The van der Waals surface area contributed by atoms with Crippen molar-refractivity contribution in [2.75, 3.05) is 38.7 Å². The topological polar surface area (TPSA) is 114 Å². The number of hydrogen-bond donors (Lipinski definition) is 1. The van der Waals surface area contributed by atoms with E-state index in [1.54, 1.807) is 62.6 Å². The van der Waals surface area contributed by atoms with Crippen molar-refractivity contribution in [3.05, 3.63) is 114 Å². The number of benzene rings is 4. The third kappa shape index (κ3) is 8.16. The number of amides is 2. The van der Waals surface area contributed by atoms with Crippen LogP contribution in [-0.2, 0) is 32.6 Å². The van der Waals surface area contributed by atoms with Crippen LogP contribution in [0, 0.1) is 0 Å². The number of ether oxygens (including phenoxy) is 3. The summed E-state index contributed by atoms with van der Waals surface area (Å²) in [5.41, 5.74) is 1.84. The number of nitrogens with one attached hydrogen (secondary N) is 1. The first-order valence-electron chi connectivity index (χ1n) is 14.8. The van der Waals surface area contributed by atoms with Gasteiger partial charge in [-0.3, -0.25) is 13.9 Å². The fourth-order valence-electron chi connectivity index (χ4n) is 5.04. The van der Waals surface area contributed by atoms with Gasteiger partial charge in [0.15, 0.2) is 11.5 Å². The molecule has 4 rings (SSSR count). The average molecular weight is 646 g/mol. The zero-order valence-corrected chi connectivity index (χ0v) is 27.2. The third-order valence-electron chi connectivity index (χ3n) is 7.38. The SMILES string of the molecule is CCNC(=O)[C@@H](Cc1ccccc1)N(Cc1cccc(OC)c1)C(=O)CN(c1ccccc1)S(=O)(=O)c1ccc(OC)c(OC)c1. The van der Waals surface area contributed by atoms with E-state index in [0.717, 1.165) is 9.87 Å². The van der Waals surface area contributed by atoms with Gasteiger partial charge in [0.1, 0.15) is 18.3 Å². The lowest BCUT2D eigenvalue weighted by Crippen LogP contribution is -2.53. The van der Waals surface area contributed by atoms with E-state index in [1.165, 1.54) is 37.3 Å². The molecule has 0 heterocycles. The first kappa shape index (κ1) is 33.9. The van der Waals surface area contributed by atoms with Crippen LogP contribution in [-0.4, -0.2) is 65.6 Å². The van der Waals surface area contributed by atoms with Crippen molar-refractivity contribution >= 4 is 27.5 Å². The molecule has 0 bridgehead atoms. The van der Waals surface area contributed by atoms with Crippen molar-refractivity contribution < 1.29 is 32.2 Å². The Labute approximate surface area is 270 Å². The normalized spacial score (nSPS) is 11.7. The summed E-state index contributed by atoms with van der Waals surface area (Å²) >= 11 is 0. The Kier molecular flexibility index (Phi) is 11.6. The highest BCUT2D eigenvalue weighted by molar-refractivity contribution is 7.92. The highest BCUT2D eigenvalue weighted by Gasteiger charge is 2.35. The maximum Gasteiger partial charge on any atom is 0.264 e. The van der Waals surface area contributed by atoms with Crippen LogP contribution < -0.4 is 23.8 Å². The van der Waals surface area contributed by atoms with Gasteiger partial charge in [0.25, 0.3) is 10.0 Å². The maximum absolute atomic E-state index is 14.5. The number of anilines is 1. The number of carbonyl (C=O) groups is 2. The van der Waals surface area contributed by atoms with E-state index >= 15 is 0 Å². The van der Waals surface area contributed by atoms with Crippen LogP contribution in [0.4, 0.5) is 5.69 Å². The summed E-state index contributed by atoms with van der Waals surface area (Å²) in [6.45, 7) is 1.62. The molecule has 2 amide bonds. The molecule has 46 heavy (non-hydrogen) atoms. The van der Waals surface area contributed by atoms with Crippen LogP contribution in [0.3, 0.4) is 0 Å². The summed E-state index contributed by atoms with van der Waals surface area (Å²) < 4.78 is 45.6. The molecule has 0 saturated heterocycles. The van der Waals surface area contributed by atoms with E-state index in [4.69, 9.17) is 14.2 Å². The van der Waals surface area contributed by atoms with Crippen LogP contribution in [0.15, 0.2) is 108 Å². The quantitative estimate of drug-likeness (QED) is 0.200. The van der Waals surface area contributed by atoms with Gasteiger partial charge >= 0.3 is 0 Å². The minimum Gasteiger partial charge on any atom is -0.497 e. The summed E-state index contributed by atoms with van der Waals surface area (Å²) in [5.74, 6) is 0.254. The largest absolute Gasteiger partial charge is 0.497 e. The van der Waals surface area contributed by atoms with Gasteiger partial charge in [-0.2, -0.15) is 0 Å². The molecule has 0 radical (unpaired) electrons. The molecular weight excluding hydrogens is 606 g/mol. The summed E-state index contributed by atoms with van der Waals surface area (Å²) in [4.78, 5) is 29.5. The van der Waals surface area contributed by atoms with Crippen LogP contribution in [0.2, 0.25) is 0 Å². The lowest BCUT2D eigenvalue weighted by molar-refractivity contribution is -0.140. The van der Waals surface area contributed by atoms with E-state index in [0.29, 0.717) is 23.6 Å². The number of methoxy groups -OCH3 is 3. The van der Waals surface area contributed by atoms with Gasteiger partial charge in [-0.1, -0.05) is 60.7 Å². The van der Waals surface area contributed by atoms with Gasteiger partial charge in [0.05, 0.1) is 31.9 Å². The van der Waals surface area contributed by atoms with E-state index < -0.39 is 28.5 Å². The molecule has 10 nitrogen and oxygen atoms in total. The summed E-state index contributed by atoms with van der Waals surface area (Å²) in [5, 5.41) is 2.86. The molecule has 0 fully saturated rings. The van der Waals surface area contributed by atoms with Gasteiger partial charge < -0.3 is 24.4 Å². The molecule has 4 aromatic carbocycles. The van der Waals surface area contributed by atoms with Crippen molar-refractivity contribution in [2.24, 2.45) is 0 Å². The summed E-state index contributed by atoms with van der Waals surface area (Å²) in [6, 6.07) is 28.3. The standard InChI is InChI=1S/C35H39N3O7S/c1-5-36-35(40)31(22-26-13-8-6-9-14-26)37(24-27-15-12-18-29(21-27)43-2)34(39)25-38(28-16-10-7-11-17-28)46(41,42)30-19-20-32(44-3)33(23-30)45-4/h6-21,23,31H,5,22,24-25H2,1-4H3,(H,36,40)/t31-/m1/s1. The van der Waals surface area contributed by atoms with Crippen LogP contribution in [0.1, 0.15) is 18.1 Å². The Balaban J connectivity index is 1.81. The van der Waals surface area contributed by atoms with E-state index in [-0.39, 0.29) is 35.2 Å². The molecule has 0 aromatic heterocycles. The molecule has 0 aliphatic rings. The van der Waals surface area contributed by atoms with Crippen molar-refractivity contribution in [1.82, 2.24) is 10.2 Å². The molecule has 242 valence electrons. The minimum absolute atomic E-state index is 0.0315. The summed E-state index contributed by atoms with van der Waals surface area (Å²) in [7, 11) is 0.109. The lowest BCUT2D eigenvalue weighted by atomic mass is 10.0. The molecule has 0 spiro atoms. The number of rotatable bonds is 15.